The Morgan fingerprint density at radius 2 is 2.32 bits per heavy atom. The number of furan rings is 1. The Kier molecular flexibility index (Phi) is 4.04. The minimum atomic E-state index is -0.398. The van der Waals surface area contributed by atoms with Crippen molar-refractivity contribution >= 4 is 44.5 Å². The molecule has 8 heteroatoms. The average molecular weight is 403 g/mol. The Balaban J connectivity index is 1.48. The molecule has 1 unspecified atom stereocenters. The highest BCUT2D eigenvalue weighted by Crippen LogP contribution is 2.31. The number of halogens is 1. The van der Waals surface area contributed by atoms with Crippen molar-refractivity contribution in [3.05, 3.63) is 46.8 Å². The second-order valence-corrected chi connectivity index (χ2v) is 6.86. The van der Waals surface area contributed by atoms with E-state index in [1.165, 1.54) is 0 Å². The van der Waals surface area contributed by atoms with E-state index in [1.54, 1.807) is 23.3 Å². The summed E-state index contributed by atoms with van der Waals surface area (Å²) in [5, 5.41) is 10.9. The Labute approximate surface area is 151 Å². The van der Waals surface area contributed by atoms with Crippen LogP contribution in [0.15, 0.2) is 45.5 Å². The van der Waals surface area contributed by atoms with Gasteiger partial charge in [-0.25, -0.2) is 0 Å². The summed E-state index contributed by atoms with van der Waals surface area (Å²) < 4.78 is 6.12. The highest BCUT2D eigenvalue weighted by Gasteiger charge is 2.36. The molecular weight excluding hydrogens is 388 g/mol. The van der Waals surface area contributed by atoms with Crippen molar-refractivity contribution in [1.82, 2.24) is 15.5 Å². The third-order valence-corrected chi connectivity index (χ3v) is 4.77. The third-order valence-electron chi connectivity index (χ3n) is 4.27. The highest BCUT2D eigenvalue weighted by atomic mass is 79.9. The van der Waals surface area contributed by atoms with Crippen LogP contribution in [-0.4, -0.2) is 28.6 Å². The fourth-order valence-electron chi connectivity index (χ4n) is 3.00. The van der Waals surface area contributed by atoms with Gasteiger partial charge in [-0.1, -0.05) is 15.9 Å². The summed E-state index contributed by atoms with van der Waals surface area (Å²) in [5.74, 6) is 0.584. The van der Waals surface area contributed by atoms with E-state index < -0.39 is 5.92 Å². The van der Waals surface area contributed by atoms with Crippen LogP contribution in [0.3, 0.4) is 0 Å². The lowest BCUT2D eigenvalue weighted by atomic mass is 10.1. The number of aromatic nitrogens is 2. The van der Waals surface area contributed by atoms with Crippen molar-refractivity contribution in [2.45, 2.75) is 13.0 Å². The molecule has 0 spiro atoms. The van der Waals surface area contributed by atoms with Gasteiger partial charge in [-0.3, -0.25) is 19.6 Å². The van der Waals surface area contributed by atoms with E-state index in [0.29, 0.717) is 24.7 Å². The van der Waals surface area contributed by atoms with Crippen LogP contribution in [0.2, 0.25) is 0 Å². The number of nitrogens with one attached hydrogen (secondary N) is 2. The lowest BCUT2D eigenvalue weighted by Crippen LogP contribution is -2.32. The van der Waals surface area contributed by atoms with E-state index in [0.717, 1.165) is 15.4 Å². The van der Waals surface area contributed by atoms with E-state index in [4.69, 9.17) is 4.42 Å². The van der Waals surface area contributed by atoms with Crippen molar-refractivity contribution in [1.29, 1.82) is 0 Å². The third kappa shape index (κ3) is 3.05. The van der Waals surface area contributed by atoms with Gasteiger partial charge in [0.05, 0.1) is 24.2 Å². The van der Waals surface area contributed by atoms with Gasteiger partial charge in [-0.2, -0.15) is 5.10 Å². The van der Waals surface area contributed by atoms with Crippen molar-refractivity contribution in [3.63, 3.8) is 0 Å². The molecule has 0 radical (unpaired) electrons. The van der Waals surface area contributed by atoms with E-state index in [1.807, 2.05) is 18.2 Å². The SMILES string of the molecule is O=C(NCc1ccco1)C1CC(=O)N(c2n[nH]c3cc(Br)ccc23)C1. The number of hydrogen-bond acceptors (Lipinski definition) is 4. The normalized spacial score (nSPS) is 17.4. The molecule has 7 nitrogen and oxygen atoms in total. The predicted octanol–water partition coefficient (Wildman–Crippen LogP) is 2.59. The lowest BCUT2D eigenvalue weighted by molar-refractivity contribution is -0.126. The summed E-state index contributed by atoms with van der Waals surface area (Å²) in [6, 6.07) is 9.26. The van der Waals surface area contributed by atoms with Gasteiger partial charge in [-0.15, -0.1) is 0 Å². The maximum absolute atomic E-state index is 12.4. The summed E-state index contributed by atoms with van der Waals surface area (Å²) in [4.78, 5) is 26.3. The van der Waals surface area contributed by atoms with Crippen molar-refractivity contribution in [2.75, 3.05) is 11.4 Å². The first-order valence-corrected chi connectivity index (χ1v) is 8.65. The Morgan fingerprint density at radius 1 is 1.44 bits per heavy atom. The molecule has 2 amide bonds. The second kappa shape index (κ2) is 6.36. The van der Waals surface area contributed by atoms with Crippen LogP contribution in [0, 0.1) is 5.92 Å². The van der Waals surface area contributed by atoms with Crippen molar-refractivity contribution < 1.29 is 14.0 Å². The molecule has 0 saturated carbocycles. The predicted molar refractivity (Wildman–Crippen MR) is 94.8 cm³/mol. The molecule has 1 aliphatic heterocycles. The number of fused-ring (bicyclic) bond motifs is 1. The molecule has 0 bridgehead atoms. The maximum atomic E-state index is 12.4. The summed E-state index contributed by atoms with van der Waals surface area (Å²) in [6.45, 7) is 0.634. The molecule has 3 aromatic rings. The minimum Gasteiger partial charge on any atom is -0.467 e. The smallest absolute Gasteiger partial charge is 0.229 e. The molecule has 1 saturated heterocycles. The van der Waals surface area contributed by atoms with E-state index in [2.05, 4.69) is 31.4 Å². The number of hydrogen-bond donors (Lipinski definition) is 2. The van der Waals surface area contributed by atoms with E-state index >= 15 is 0 Å². The Hall–Kier alpha value is -2.61. The molecule has 3 heterocycles. The molecule has 1 fully saturated rings. The molecule has 1 aromatic carbocycles. The quantitative estimate of drug-likeness (QED) is 0.701. The number of amides is 2. The van der Waals surface area contributed by atoms with Crippen LogP contribution in [0.1, 0.15) is 12.2 Å². The standard InChI is InChI=1S/C17H15BrN4O3/c18-11-3-4-13-14(7-11)20-21-16(13)22-9-10(6-15(22)23)17(24)19-8-12-2-1-5-25-12/h1-5,7,10H,6,8-9H2,(H,19,24)(H,20,21). The Morgan fingerprint density at radius 3 is 3.12 bits per heavy atom. The Bertz CT molecular complexity index is 935. The number of nitrogens with zero attached hydrogens (tertiary/aromatic N) is 2. The van der Waals surface area contributed by atoms with Gasteiger partial charge in [0.25, 0.3) is 0 Å². The first kappa shape index (κ1) is 15.9. The molecule has 0 aliphatic carbocycles. The number of aromatic amines is 1. The van der Waals surface area contributed by atoms with Crippen LogP contribution in [-0.2, 0) is 16.1 Å². The molecule has 128 valence electrons. The zero-order chi connectivity index (χ0) is 17.4. The van der Waals surface area contributed by atoms with Crippen molar-refractivity contribution in [3.8, 4) is 0 Å². The van der Waals surface area contributed by atoms with Crippen LogP contribution < -0.4 is 10.2 Å². The van der Waals surface area contributed by atoms with Crippen LogP contribution >= 0.6 is 15.9 Å². The monoisotopic (exact) mass is 402 g/mol. The molecule has 4 rings (SSSR count). The lowest BCUT2D eigenvalue weighted by Gasteiger charge is -2.14. The zero-order valence-electron chi connectivity index (χ0n) is 13.2. The maximum Gasteiger partial charge on any atom is 0.229 e. The largest absolute Gasteiger partial charge is 0.467 e. The van der Waals surface area contributed by atoms with Gasteiger partial charge < -0.3 is 9.73 Å². The first-order valence-electron chi connectivity index (χ1n) is 7.86. The van der Waals surface area contributed by atoms with Crippen LogP contribution in [0.25, 0.3) is 10.9 Å². The van der Waals surface area contributed by atoms with E-state index in [-0.39, 0.29) is 18.2 Å². The summed E-state index contributed by atoms with van der Waals surface area (Å²) in [6.07, 6.45) is 1.73. The molecule has 2 N–H and O–H groups in total. The fourth-order valence-corrected chi connectivity index (χ4v) is 3.36. The number of benzene rings is 1. The van der Waals surface area contributed by atoms with Crippen LogP contribution in [0.5, 0.6) is 0 Å². The van der Waals surface area contributed by atoms with Gasteiger partial charge >= 0.3 is 0 Å². The summed E-state index contributed by atoms with van der Waals surface area (Å²) in [5.41, 5.74) is 0.836. The average Bonchev–Trinajstić information content (AvgIpc) is 3.31. The van der Waals surface area contributed by atoms with E-state index in [9.17, 15) is 9.59 Å². The number of H-pyrrole nitrogens is 1. The molecular formula is C17H15BrN4O3. The van der Waals surface area contributed by atoms with Gasteiger partial charge in [0.2, 0.25) is 11.8 Å². The number of anilines is 1. The second-order valence-electron chi connectivity index (χ2n) is 5.94. The molecule has 1 aliphatic rings. The zero-order valence-corrected chi connectivity index (χ0v) is 14.7. The van der Waals surface area contributed by atoms with Crippen molar-refractivity contribution in [2.24, 2.45) is 5.92 Å². The minimum absolute atomic E-state index is 0.102. The first-order chi connectivity index (χ1) is 12.1. The number of carbonyl (C=O) groups excluding carboxylic acids is 2. The molecule has 2 aromatic heterocycles. The number of carbonyl (C=O) groups is 2. The van der Waals surface area contributed by atoms with Gasteiger partial charge in [-0.05, 0) is 30.3 Å². The van der Waals surface area contributed by atoms with Crippen LogP contribution in [0.4, 0.5) is 5.82 Å². The topological polar surface area (TPSA) is 91.2 Å². The highest BCUT2D eigenvalue weighted by molar-refractivity contribution is 9.10. The number of rotatable bonds is 4. The summed E-state index contributed by atoms with van der Waals surface area (Å²) >= 11 is 3.41. The summed E-state index contributed by atoms with van der Waals surface area (Å²) in [7, 11) is 0. The fraction of sp³-hybridized carbons (Fsp3) is 0.235. The molecule has 25 heavy (non-hydrogen) atoms. The van der Waals surface area contributed by atoms with Gasteiger partial charge in [0.1, 0.15) is 5.76 Å². The molecule has 1 atom stereocenters. The van der Waals surface area contributed by atoms with Gasteiger partial charge in [0, 0.05) is 22.8 Å². The van der Waals surface area contributed by atoms with Gasteiger partial charge in [0.15, 0.2) is 5.82 Å².